The Morgan fingerprint density at radius 2 is 1.47 bits per heavy atom. The van der Waals surface area contributed by atoms with Gasteiger partial charge in [-0.05, 0) is 39.0 Å². The SMILES string of the molecule is C=CC.C=CC.CC.CC.CC(=O)O.O=C1CCC(/C=C/CCC2CCCCC2)N1. The molecule has 0 aromatic carbocycles. The van der Waals surface area contributed by atoms with E-state index >= 15 is 0 Å². The molecule has 1 saturated heterocycles. The quantitative estimate of drug-likeness (QED) is 0.453. The minimum atomic E-state index is -0.833. The van der Waals surface area contributed by atoms with Crippen molar-refractivity contribution in [1.29, 1.82) is 0 Å². The maximum absolute atomic E-state index is 11.0. The van der Waals surface area contributed by atoms with Crippen LogP contribution in [0.3, 0.4) is 0 Å². The van der Waals surface area contributed by atoms with Crippen LogP contribution in [-0.4, -0.2) is 23.0 Å². The highest BCUT2D eigenvalue weighted by Crippen LogP contribution is 2.27. The molecule has 178 valence electrons. The van der Waals surface area contributed by atoms with Gasteiger partial charge in [-0.1, -0.05) is 84.1 Å². The standard InChI is InChI=1S/C14H23NO.2C3H6.C2H4O2.2C2H6/c16-14-11-10-13(15-14)9-5-4-8-12-6-2-1-3-7-12;2*1-3-2;1-2(3)4;2*1-2/h5,9,12-13H,1-4,6-8,10-11H2,(H,15,16);2*3H,1H2,2H3;1H3,(H,3,4);2*1-2H3/b9-5+;;;;;. The second kappa shape index (κ2) is 31.8. The van der Waals surface area contributed by atoms with Gasteiger partial charge < -0.3 is 10.4 Å². The van der Waals surface area contributed by atoms with E-state index in [0.29, 0.717) is 12.5 Å². The molecular weight excluding hydrogens is 374 g/mol. The zero-order valence-corrected chi connectivity index (χ0v) is 21.0. The van der Waals surface area contributed by atoms with E-state index < -0.39 is 5.97 Å². The first-order chi connectivity index (χ1) is 14.4. The second-order valence-electron chi connectivity index (χ2n) is 6.56. The van der Waals surface area contributed by atoms with Crippen LogP contribution in [0.2, 0.25) is 0 Å². The third kappa shape index (κ3) is 33.7. The highest BCUT2D eigenvalue weighted by Gasteiger charge is 2.17. The molecule has 1 aliphatic heterocycles. The second-order valence-corrected chi connectivity index (χ2v) is 6.56. The summed E-state index contributed by atoms with van der Waals surface area (Å²) in [4.78, 5) is 20.0. The Hall–Kier alpha value is -1.84. The van der Waals surface area contributed by atoms with Gasteiger partial charge in [0.05, 0.1) is 0 Å². The maximum Gasteiger partial charge on any atom is 0.300 e. The molecule has 1 unspecified atom stereocenters. The number of nitrogens with one attached hydrogen (secondary N) is 1. The number of carboxylic acid groups (broad SMARTS) is 1. The smallest absolute Gasteiger partial charge is 0.300 e. The molecule has 0 bridgehead atoms. The molecule has 1 atom stereocenters. The average Bonchev–Trinajstić information content (AvgIpc) is 3.15. The molecule has 0 spiro atoms. The van der Waals surface area contributed by atoms with Gasteiger partial charge in [0.15, 0.2) is 0 Å². The van der Waals surface area contributed by atoms with Crippen LogP contribution in [0.5, 0.6) is 0 Å². The van der Waals surface area contributed by atoms with Gasteiger partial charge in [0, 0.05) is 19.4 Å². The van der Waals surface area contributed by atoms with Gasteiger partial charge in [0.1, 0.15) is 0 Å². The van der Waals surface area contributed by atoms with Crippen molar-refractivity contribution in [2.45, 2.75) is 112 Å². The summed E-state index contributed by atoms with van der Waals surface area (Å²) in [5.74, 6) is 0.346. The number of carbonyl (C=O) groups excluding carboxylic acids is 1. The first-order valence-corrected chi connectivity index (χ1v) is 11.7. The van der Waals surface area contributed by atoms with Gasteiger partial charge >= 0.3 is 0 Å². The van der Waals surface area contributed by atoms with E-state index in [1.165, 1.54) is 44.9 Å². The number of amides is 1. The minimum absolute atomic E-state index is 0.210. The van der Waals surface area contributed by atoms with Crippen LogP contribution in [0, 0.1) is 5.92 Å². The van der Waals surface area contributed by atoms with E-state index in [4.69, 9.17) is 9.90 Å². The third-order valence-corrected chi connectivity index (χ3v) is 3.86. The summed E-state index contributed by atoms with van der Waals surface area (Å²) in [6.07, 6.45) is 19.4. The largest absolute Gasteiger partial charge is 0.481 e. The van der Waals surface area contributed by atoms with Crippen LogP contribution < -0.4 is 5.32 Å². The molecule has 1 aliphatic carbocycles. The fraction of sp³-hybridized carbons (Fsp3) is 0.692. The van der Waals surface area contributed by atoms with E-state index in [2.05, 4.69) is 30.6 Å². The van der Waals surface area contributed by atoms with Crippen molar-refractivity contribution in [3.05, 3.63) is 37.5 Å². The molecule has 2 fully saturated rings. The van der Waals surface area contributed by atoms with Gasteiger partial charge in [-0.2, -0.15) is 0 Å². The molecule has 4 heteroatoms. The molecule has 0 radical (unpaired) electrons. The van der Waals surface area contributed by atoms with E-state index in [0.717, 1.165) is 19.3 Å². The van der Waals surface area contributed by atoms with Gasteiger partial charge in [0.2, 0.25) is 5.91 Å². The van der Waals surface area contributed by atoms with Gasteiger partial charge in [0.25, 0.3) is 5.97 Å². The summed E-state index contributed by atoms with van der Waals surface area (Å²) in [6, 6.07) is 0.318. The molecule has 1 saturated carbocycles. The van der Waals surface area contributed by atoms with E-state index in [-0.39, 0.29) is 5.91 Å². The van der Waals surface area contributed by atoms with E-state index in [9.17, 15) is 4.79 Å². The summed E-state index contributed by atoms with van der Waals surface area (Å²) in [7, 11) is 0. The Balaban J connectivity index is -0.000000201. The van der Waals surface area contributed by atoms with Gasteiger partial charge in [-0.25, -0.2) is 0 Å². The van der Waals surface area contributed by atoms with Crippen molar-refractivity contribution in [1.82, 2.24) is 5.32 Å². The predicted molar refractivity (Wildman–Crippen MR) is 134 cm³/mol. The summed E-state index contributed by atoms with van der Waals surface area (Å²) in [6.45, 7) is 19.6. The van der Waals surface area contributed by atoms with Crippen LogP contribution in [-0.2, 0) is 9.59 Å². The summed E-state index contributed by atoms with van der Waals surface area (Å²) in [5, 5.41) is 10.4. The van der Waals surface area contributed by atoms with Gasteiger partial charge in [-0.15, -0.1) is 13.2 Å². The maximum atomic E-state index is 11.0. The lowest BCUT2D eigenvalue weighted by molar-refractivity contribution is -0.134. The molecule has 2 N–H and O–H groups in total. The number of carbonyl (C=O) groups is 2. The Kier molecular flexibility index (Phi) is 37.8. The lowest BCUT2D eigenvalue weighted by Gasteiger charge is -2.20. The Labute approximate surface area is 187 Å². The molecule has 4 nitrogen and oxygen atoms in total. The fourth-order valence-corrected chi connectivity index (χ4v) is 2.85. The number of carboxylic acids is 1. The van der Waals surface area contributed by atoms with Crippen molar-refractivity contribution >= 4 is 11.9 Å². The monoisotopic (exact) mass is 425 g/mol. The summed E-state index contributed by atoms with van der Waals surface area (Å²) < 4.78 is 0. The first-order valence-electron chi connectivity index (χ1n) is 11.7. The lowest BCUT2D eigenvalue weighted by Crippen LogP contribution is -2.22. The van der Waals surface area contributed by atoms with Crippen molar-refractivity contribution in [2.24, 2.45) is 5.92 Å². The number of hydrogen-bond acceptors (Lipinski definition) is 2. The summed E-state index contributed by atoms with van der Waals surface area (Å²) in [5.41, 5.74) is 0. The molecule has 0 aromatic heterocycles. The van der Waals surface area contributed by atoms with Crippen LogP contribution >= 0.6 is 0 Å². The van der Waals surface area contributed by atoms with Crippen LogP contribution in [0.1, 0.15) is 106 Å². The van der Waals surface area contributed by atoms with Crippen molar-refractivity contribution in [3.8, 4) is 0 Å². The van der Waals surface area contributed by atoms with Crippen molar-refractivity contribution in [2.75, 3.05) is 0 Å². The zero-order chi connectivity index (χ0) is 24.2. The highest BCUT2D eigenvalue weighted by molar-refractivity contribution is 5.78. The predicted octanol–water partition coefficient (Wildman–Crippen LogP) is 7.71. The number of allylic oxidation sites excluding steroid dienone is 3. The molecule has 1 amide bonds. The molecule has 2 rings (SSSR count). The first kappa shape index (κ1) is 35.6. The number of hydrogen-bond donors (Lipinski definition) is 2. The molecule has 30 heavy (non-hydrogen) atoms. The molecule has 1 heterocycles. The lowest BCUT2D eigenvalue weighted by atomic mass is 9.86. The number of aliphatic carboxylic acids is 1. The van der Waals surface area contributed by atoms with Crippen molar-refractivity contribution < 1.29 is 14.7 Å². The number of rotatable bonds is 4. The minimum Gasteiger partial charge on any atom is -0.481 e. The average molecular weight is 426 g/mol. The third-order valence-electron chi connectivity index (χ3n) is 3.86. The molecular formula is C26H51NO3. The molecule has 0 aromatic rings. The topological polar surface area (TPSA) is 66.4 Å². The van der Waals surface area contributed by atoms with E-state index in [1.54, 1.807) is 12.2 Å². The van der Waals surface area contributed by atoms with Crippen LogP contribution in [0.15, 0.2) is 37.5 Å². The Morgan fingerprint density at radius 1 is 1.03 bits per heavy atom. The van der Waals surface area contributed by atoms with E-state index in [1.807, 2.05) is 41.5 Å². The molecule has 2 aliphatic rings. The zero-order valence-electron chi connectivity index (χ0n) is 21.0. The van der Waals surface area contributed by atoms with Crippen molar-refractivity contribution in [3.63, 3.8) is 0 Å². The highest BCUT2D eigenvalue weighted by atomic mass is 16.4. The van der Waals surface area contributed by atoms with Crippen LogP contribution in [0.25, 0.3) is 0 Å². The summed E-state index contributed by atoms with van der Waals surface area (Å²) >= 11 is 0. The van der Waals surface area contributed by atoms with Gasteiger partial charge in [-0.3, -0.25) is 9.59 Å². The van der Waals surface area contributed by atoms with Crippen LogP contribution in [0.4, 0.5) is 0 Å². The Morgan fingerprint density at radius 3 is 1.83 bits per heavy atom. The normalized spacial score (nSPS) is 16.8. The fourth-order valence-electron chi connectivity index (χ4n) is 2.85. The Bertz CT molecular complexity index is 401.